The first-order valence-corrected chi connectivity index (χ1v) is 12.4. The smallest absolute Gasteiger partial charge is 0.489 e. The molecule has 2 aromatic carbocycles. The van der Waals surface area contributed by atoms with E-state index in [0.29, 0.717) is 16.5 Å². The topological polar surface area (TPSA) is 136 Å². The van der Waals surface area contributed by atoms with Gasteiger partial charge in [0.2, 0.25) is 10.0 Å². The summed E-state index contributed by atoms with van der Waals surface area (Å²) in [5.41, 5.74) is 1.32. The summed E-state index contributed by atoms with van der Waals surface area (Å²) in [4.78, 5) is 19.3. The number of rotatable bonds is 5. The van der Waals surface area contributed by atoms with Crippen LogP contribution >= 0.6 is 0 Å². The fourth-order valence-corrected chi connectivity index (χ4v) is 3.43. The maximum atomic E-state index is 13.2. The number of nitriles is 1. The minimum absolute atomic E-state index is 0.211. The molecule has 0 aliphatic rings. The Labute approximate surface area is 221 Å². The number of ether oxygens (including phenoxy) is 2. The van der Waals surface area contributed by atoms with Crippen molar-refractivity contribution in [1.29, 1.82) is 5.26 Å². The second-order valence-corrected chi connectivity index (χ2v) is 9.73. The zero-order valence-electron chi connectivity index (χ0n) is 20.4. The number of benzene rings is 2. The SMILES string of the molecule is CC(C)Oc1cc2c(C#N)c(-c3ccc(F)cc3)oc2cc1NS(C)(=O)=O.O=C(OC(=O)C(F)(F)F)C(F)(F)F. The molecular weight excluding hydrogens is 581 g/mol. The third kappa shape index (κ3) is 8.59. The largest absolute Gasteiger partial charge is 0.491 e. The van der Waals surface area contributed by atoms with E-state index >= 15 is 0 Å². The Morgan fingerprint density at radius 3 is 1.95 bits per heavy atom. The zero-order valence-corrected chi connectivity index (χ0v) is 21.2. The molecule has 9 nitrogen and oxygen atoms in total. The summed E-state index contributed by atoms with van der Waals surface area (Å²) in [7, 11) is -3.55. The van der Waals surface area contributed by atoms with Gasteiger partial charge in [0, 0.05) is 17.0 Å². The minimum Gasteiger partial charge on any atom is -0.489 e. The number of furan rings is 1. The van der Waals surface area contributed by atoms with Crippen LogP contribution in [0.4, 0.5) is 36.4 Å². The maximum Gasteiger partial charge on any atom is 0.491 e. The fraction of sp³-hybridized carbons (Fsp3) is 0.261. The van der Waals surface area contributed by atoms with Crippen LogP contribution in [-0.2, 0) is 24.3 Å². The van der Waals surface area contributed by atoms with Crippen molar-refractivity contribution in [3.8, 4) is 23.1 Å². The highest BCUT2D eigenvalue weighted by Crippen LogP contribution is 2.39. The van der Waals surface area contributed by atoms with Crippen molar-refractivity contribution < 1.29 is 62.6 Å². The first-order chi connectivity index (χ1) is 18.2. The second-order valence-electron chi connectivity index (χ2n) is 7.98. The molecule has 0 bridgehead atoms. The highest BCUT2D eigenvalue weighted by Gasteiger charge is 2.49. The Morgan fingerprint density at radius 2 is 1.52 bits per heavy atom. The van der Waals surface area contributed by atoms with E-state index in [1.54, 1.807) is 19.9 Å². The summed E-state index contributed by atoms with van der Waals surface area (Å²) in [5, 5.41) is 10.1. The van der Waals surface area contributed by atoms with Crippen molar-refractivity contribution in [2.75, 3.05) is 11.0 Å². The monoisotopic (exact) mass is 598 g/mol. The molecule has 0 aliphatic carbocycles. The first kappa shape index (κ1) is 31.9. The average molecular weight is 598 g/mol. The maximum absolute atomic E-state index is 13.2. The number of anilines is 1. The number of alkyl halides is 6. The predicted molar refractivity (Wildman–Crippen MR) is 124 cm³/mol. The van der Waals surface area contributed by atoms with Crippen LogP contribution in [-0.4, -0.2) is 45.1 Å². The standard InChI is InChI=1S/C19H17FN2O4S.C4F6O3/c1-11(2)25-18-8-14-15(10-21)19(12-4-6-13(20)7-5-12)26-17(14)9-16(18)22-27(3,23)24;5-3(6,7)1(11)13-2(12)4(8,9)10/h4-9,11,22H,1-3H3;. The molecule has 1 aromatic heterocycles. The van der Waals surface area contributed by atoms with Crippen molar-refractivity contribution in [1.82, 2.24) is 0 Å². The number of fused-ring (bicyclic) bond motifs is 1. The lowest BCUT2D eigenvalue weighted by Crippen LogP contribution is -2.34. The first-order valence-electron chi connectivity index (χ1n) is 10.5. The molecule has 0 saturated carbocycles. The van der Waals surface area contributed by atoms with Gasteiger partial charge in [0.1, 0.15) is 28.8 Å². The Hall–Kier alpha value is -4.33. The van der Waals surface area contributed by atoms with E-state index in [9.17, 15) is 54.0 Å². The third-order valence-electron chi connectivity index (χ3n) is 4.31. The average Bonchev–Trinajstić information content (AvgIpc) is 3.14. The molecular formula is C23H17F7N2O7S. The van der Waals surface area contributed by atoms with E-state index in [1.165, 1.54) is 30.3 Å². The number of carbonyl (C=O) groups excluding carboxylic acids is 2. The van der Waals surface area contributed by atoms with Gasteiger partial charge in [0.25, 0.3) is 0 Å². The molecule has 1 N–H and O–H groups in total. The van der Waals surface area contributed by atoms with Gasteiger partial charge in [0.05, 0.1) is 18.0 Å². The molecule has 0 amide bonds. The fourth-order valence-electron chi connectivity index (χ4n) is 2.87. The lowest BCUT2D eigenvalue weighted by molar-refractivity contribution is -0.221. The molecule has 0 radical (unpaired) electrons. The van der Waals surface area contributed by atoms with Crippen LogP contribution in [0.25, 0.3) is 22.3 Å². The van der Waals surface area contributed by atoms with Crippen LogP contribution in [0.3, 0.4) is 0 Å². The Kier molecular flexibility index (Phi) is 9.42. The van der Waals surface area contributed by atoms with E-state index in [1.807, 2.05) is 0 Å². The summed E-state index contributed by atoms with van der Waals surface area (Å²) in [6.07, 6.45) is -10.4. The second kappa shape index (κ2) is 11.8. The van der Waals surface area contributed by atoms with Gasteiger partial charge < -0.3 is 13.9 Å². The molecule has 0 saturated heterocycles. The third-order valence-corrected chi connectivity index (χ3v) is 4.91. The summed E-state index contributed by atoms with van der Waals surface area (Å²) in [5.74, 6) is -6.24. The van der Waals surface area contributed by atoms with Crippen molar-refractivity contribution >= 4 is 38.6 Å². The normalized spacial score (nSPS) is 11.8. The molecule has 40 heavy (non-hydrogen) atoms. The van der Waals surface area contributed by atoms with E-state index < -0.39 is 40.1 Å². The number of nitrogens with zero attached hydrogens (tertiary/aromatic N) is 1. The molecule has 0 spiro atoms. The molecule has 0 atom stereocenters. The molecule has 3 rings (SSSR count). The molecule has 3 aromatic rings. The van der Waals surface area contributed by atoms with Crippen LogP contribution in [0, 0.1) is 17.1 Å². The molecule has 0 aliphatic heterocycles. The highest BCUT2D eigenvalue weighted by molar-refractivity contribution is 7.92. The lowest BCUT2D eigenvalue weighted by atomic mass is 10.1. The van der Waals surface area contributed by atoms with Gasteiger partial charge >= 0.3 is 24.3 Å². The number of halogens is 7. The van der Waals surface area contributed by atoms with Gasteiger partial charge in [-0.1, -0.05) is 0 Å². The quantitative estimate of drug-likeness (QED) is 0.233. The number of esters is 2. The van der Waals surface area contributed by atoms with Gasteiger partial charge in [-0.3, -0.25) is 4.72 Å². The Balaban J connectivity index is 0.000000366. The van der Waals surface area contributed by atoms with Crippen LogP contribution in [0.1, 0.15) is 19.4 Å². The van der Waals surface area contributed by atoms with Crippen molar-refractivity contribution in [2.24, 2.45) is 0 Å². The lowest BCUT2D eigenvalue weighted by Gasteiger charge is -2.14. The van der Waals surface area contributed by atoms with Gasteiger partial charge in [0.15, 0.2) is 5.76 Å². The molecule has 17 heteroatoms. The highest BCUT2D eigenvalue weighted by atomic mass is 32.2. The van der Waals surface area contributed by atoms with E-state index in [4.69, 9.17) is 9.15 Å². The van der Waals surface area contributed by atoms with Gasteiger partial charge in [-0.05, 0) is 44.2 Å². The number of hydrogen-bond donors (Lipinski definition) is 1. The van der Waals surface area contributed by atoms with Gasteiger partial charge in [-0.2, -0.15) is 31.6 Å². The summed E-state index contributed by atoms with van der Waals surface area (Å²) in [6, 6.07) is 10.7. The summed E-state index contributed by atoms with van der Waals surface area (Å²) in [6.45, 7) is 3.61. The summed E-state index contributed by atoms with van der Waals surface area (Å²) < 4.78 is 120. The zero-order chi connectivity index (χ0) is 30.6. The van der Waals surface area contributed by atoms with Gasteiger partial charge in [-0.15, -0.1) is 0 Å². The predicted octanol–water partition coefficient (Wildman–Crippen LogP) is 5.45. The van der Waals surface area contributed by atoms with E-state index in [2.05, 4.69) is 15.5 Å². The van der Waals surface area contributed by atoms with Crippen LogP contribution < -0.4 is 9.46 Å². The molecule has 1 heterocycles. The Morgan fingerprint density at radius 1 is 1.00 bits per heavy atom. The van der Waals surface area contributed by atoms with Crippen LogP contribution in [0.5, 0.6) is 5.75 Å². The molecule has 0 fully saturated rings. The van der Waals surface area contributed by atoms with Crippen LogP contribution in [0.2, 0.25) is 0 Å². The number of hydrogen-bond acceptors (Lipinski definition) is 8. The minimum atomic E-state index is -5.62. The molecule has 216 valence electrons. The van der Waals surface area contributed by atoms with Crippen molar-refractivity contribution in [3.05, 3.63) is 47.8 Å². The van der Waals surface area contributed by atoms with Crippen molar-refractivity contribution in [3.63, 3.8) is 0 Å². The number of carbonyl (C=O) groups is 2. The van der Waals surface area contributed by atoms with Crippen LogP contribution in [0.15, 0.2) is 40.8 Å². The molecule has 0 unspecified atom stereocenters. The van der Waals surface area contributed by atoms with E-state index in [-0.39, 0.29) is 28.9 Å². The summed E-state index contributed by atoms with van der Waals surface area (Å²) >= 11 is 0. The van der Waals surface area contributed by atoms with Gasteiger partial charge in [-0.25, -0.2) is 22.4 Å². The van der Waals surface area contributed by atoms with E-state index in [0.717, 1.165) is 6.26 Å². The number of sulfonamides is 1. The number of nitrogens with one attached hydrogen (secondary N) is 1. The van der Waals surface area contributed by atoms with Crippen molar-refractivity contribution in [2.45, 2.75) is 32.3 Å². The Bertz CT molecular complexity index is 1530.